The molecular formula is C16H21ClN4OS. The predicted molar refractivity (Wildman–Crippen MR) is 95.1 cm³/mol. The van der Waals surface area contributed by atoms with Gasteiger partial charge in [-0.1, -0.05) is 41.2 Å². The fourth-order valence-electron chi connectivity index (χ4n) is 2.72. The van der Waals surface area contributed by atoms with Crippen molar-refractivity contribution in [2.45, 2.75) is 38.6 Å². The predicted octanol–water partition coefficient (Wildman–Crippen LogP) is 2.93. The van der Waals surface area contributed by atoms with Crippen molar-refractivity contribution in [3.05, 3.63) is 40.4 Å². The molecule has 2 unspecified atom stereocenters. The Labute approximate surface area is 146 Å². The largest absolute Gasteiger partial charge is 0.328 e. The summed E-state index contributed by atoms with van der Waals surface area (Å²) >= 11 is 1.43. The smallest absolute Gasteiger partial charge is 0.229 e. The lowest BCUT2D eigenvalue weighted by Crippen LogP contribution is -2.23. The highest BCUT2D eigenvalue weighted by Gasteiger charge is 2.28. The first kappa shape index (κ1) is 17.8. The number of carbonyl (C=O) groups is 1. The molecule has 0 radical (unpaired) electrons. The monoisotopic (exact) mass is 352 g/mol. The van der Waals surface area contributed by atoms with Crippen molar-refractivity contribution in [1.29, 1.82) is 0 Å². The molecule has 5 nitrogen and oxygen atoms in total. The van der Waals surface area contributed by atoms with Crippen LogP contribution in [0.25, 0.3) is 0 Å². The van der Waals surface area contributed by atoms with Gasteiger partial charge in [0, 0.05) is 18.4 Å². The SMILES string of the molecule is Cc1ccc(Cc2nnc(NC(=O)C3CCC(N)C3)s2)cc1.Cl. The molecule has 7 heteroatoms. The third-order valence-corrected chi connectivity index (χ3v) is 4.86. The van der Waals surface area contributed by atoms with E-state index in [0.29, 0.717) is 5.13 Å². The minimum Gasteiger partial charge on any atom is -0.328 e. The Morgan fingerprint density at radius 1 is 1.30 bits per heavy atom. The van der Waals surface area contributed by atoms with Crippen LogP contribution in [-0.4, -0.2) is 22.1 Å². The van der Waals surface area contributed by atoms with E-state index in [-0.39, 0.29) is 30.3 Å². The summed E-state index contributed by atoms with van der Waals surface area (Å²) in [6, 6.07) is 8.51. The van der Waals surface area contributed by atoms with Crippen LogP contribution in [0.4, 0.5) is 5.13 Å². The molecule has 2 aromatic rings. The van der Waals surface area contributed by atoms with Crippen molar-refractivity contribution in [3.63, 3.8) is 0 Å². The molecular weight excluding hydrogens is 332 g/mol. The molecule has 1 aromatic carbocycles. The molecule has 1 fully saturated rings. The average Bonchev–Trinajstić information content (AvgIpc) is 3.11. The molecule has 1 aliphatic rings. The van der Waals surface area contributed by atoms with Crippen LogP contribution < -0.4 is 11.1 Å². The summed E-state index contributed by atoms with van der Waals surface area (Å²) in [6.45, 7) is 2.07. The van der Waals surface area contributed by atoms with Gasteiger partial charge < -0.3 is 11.1 Å². The first-order valence-corrected chi connectivity index (χ1v) is 8.36. The van der Waals surface area contributed by atoms with E-state index in [2.05, 4.69) is 46.7 Å². The van der Waals surface area contributed by atoms with Crippen LogP contribution in [-0.2, 0) is 11.2 Å². The van der Waals surface area contributed by atoms with Crippen LogP contribution in [0, 0.1) is 12.8 Å². The summed E-state index contributed by atoms with van der Waals surface area (Å²) < 4.78 is 0. The van der Waals surface area contributed by atoms with Gasteiger partial charge in [0.15, 0.2) is 0 Å². The number of nitrogens with zero attached hydrogens (tertiary/aromatic N) is 2. The van der Waals surface area contributed by atoms with Crippen LogP contribution in [0.15, 0.2) is 24.3 Å². The van der Waals surface area contributed by atoms with E-state index in [4.69, 9.17) is 5.73 Å². The average molecular weight is 353 g/mol. The van der Waals surface area contributed by atoms with E-state index >= 15 is 0 Å². The summed E-state index contributed by atoms with van der Waals surface area (Å²) in [5.74, 6) is 0.0328. The number of hydrogen-bond acceptors (Lipinski definition) is 5. The van der Waals surface area contributed by atoms with Crippen molar-refractivity contribution in [2.75, 3.05) is 5.32 Å². The summed E-state index contributed by atoms with van der Waals surface area (Å²) in [5, 5.41) is 12.6. The molecule has 0 bridgehead atoms. The summed E-state index contributed by atoms with van der Waals surface area (Å²) in [7, 11) is 0. The number of nitrogens with one attached hydrogen (secondary N) is 1. The van der Waals surface area contributed by atoms with E-state index < -0.39 is 0 Å². The Balaban J connectivity index is 0.00000192. The molecule has 0 saturated heterocycles. The minimum absolute atomic E-state index is 0. The highest BCUT2D eigenvalue weighted by Crippen LogP contribution is 2.26. The Morgan fingerprint density at radius 2 is 2.04 bits per heavy atom. The minimum atomic E-state index is 0. The van der Waals surface area contributed by atoms with Gasteiger partial charge in [-0.2, -0.15) is 0 Å². The van der Waals surface area contributed by atoms with Gasteiger partial charge >= 0.3 is 0 Å². The van der Waals surface area contributed by atoms with Gasteiger partial charge in [-0.3, -0.25) is 4.79 Å². The lowest BCUT2D eigenvalue weighted by Gasteiger charge is -2.07. The molecule has 124 valence electrons. The fourth-order valence-corrected chi connectivity index (χ4v) is 3.50. The Bertz CT molecular complexity index is 658. The molecule has 0 spiro atoms. The van der Waals surface area contributed by atoms with Gasteiger partial charge in [0.05, 0.1) is 0 Å². The second-order valence-corrected chi connectivity index (χ2v) is 6.98. The second-order valence-electron chi connectivity index (χ2n) is 5.92. The second kappa shape index (κ2) is 7.86. The Hall–Kier alpha value is -1.50. The Morgan fingerprint density at radius 3 is 2.70 bits per heavy atom. The third kappa shape index (κ3) is 4.73. The standard InChI is InChI=1S/C16H20N4OS.ClH/c1-10-2-4-11(5-3-10)8-14-19-20-16(22-14)18-15(21)12-6-7-13(17)9-12;/h2-5,12-13H,6-9,17H2,1H3,(H,18,20,21);1H. The molecule has 3 rings (SSSR count). The molecule has 1 aliphatic carbocycles. The normalized spacial score (nSPS) is 20.1. The highest BCUT2D eigenvalue weighted by atomic mass is 35.5. The lowest BCUT2D eigenvalue weighted by molar-refractivity contribution is -0.119. The van der Waals surface area contributed by atoms with E-state index in [1.165, 1.54) is 22.5 Å². The van der Waals surface area contributed by atoms with Crippen LogP contribution in [0.5, 0.6) is 0 Å². The van der Waals surface area contributed by atoms with Crippen molar-refractivity contribution < 1.29 is 4.79 Å². The van der Waals surface area contributed by atoms with Crippen molar-refractivity contribution in [3.8, 4) is 0 Å². The number of nitrogens with two attached hydrogens (primary N) is 1. The maximum atomic E-state index is 12.1. The first-order chi connectivity index (χ1) is 10.6. The quantitative estimate of drug-likeness (QED) is 0.886. The zero-order valence-corrected chi connectivity index (χ0v) is 14.6. The van der Waals surface area contributed by atoms with Gasteiger partial charge in [0.1, 0.15) is 5.01 Å². The van der Waals surface area contributed by atoms with Gasteiger partial charge in [-0.15, -0.1) is 22.6 Å². The number of aromatic nitrogens is 2. The number of carbonyl (C=O) groups excluding carboxylic acids is 1. The molecule has 1 amide bonds. The van der Waals surface area contributed by atoms with E-state index in [1.54, 1.807) is 0 Å². The van der Waals surface area contributed by atoms with Crippen LogP contribution in [0.1, 0.15) is 35.4 Å². The van der Waals surface area contributed by atoms with Crippen molar-refractivity contribution >= 4 is 34.8 Å². The van der Waals surface area contributed by atoms with Crippen molar-refractivity contribution in [1.82, 2.24) is 10.2 Å². The highest BCUT2D eigenvalue weighted by molar-refractivity contribution is 7.15. The van der Waals surface area contributed by atoms with Gasteiger partial charge in [-0.25, -0.2) is 0 Å². The number of rotatable bonds is 4. The van der Waals surface area contributed by atoms with E-state index in [1.807, 2.05) is 0 Å². The van der Waals surface area contributed by atoms with E-state index in [9.17, 15) is 4.79 Å². The summed E-state index contributed by atoms with van der Waals surface area (Å²) in [4.78, 5) is 12.1. The third-order valence-electron chi connectivity index (χ3n) is 4.02. The molecule has 1 heterocycles. The number of aryl methyl sites for hydroxylation is 1. The lowest BCUT2D eigenvalue weighted by atomic mass is 10.1. The van der Waals surface area contributed by atoms with Gasteiger partial charge in [-0.05, 0) is 31.7 Å². The number of amides is 1. The number of halogens is 1. The zero-order valence-electron chi connectivity index (χ0n) is 13.0. The fraction of sp³-hybridized carbons (Fsp3) is 0.438. The number of anilines is 1. The van der Waals surface area contributed by atoms with Crippen molar-refractivity contribution in [2.24, 2.45) is 11.7 Å². The summed E-state index contributed by atoms with van der Waals surface area (Å²) in [6.07, 6.45) is 3.29. The van der Waals surface area contributed by atoms with Crippen LogP contribution in [0.2, 0.25) is 0 Å². The molecule has 23 heavy (non-hydrogen) atoms. The molecule has 3 N–H and O–H groups in total. The first-order valence-electron chi connectivity index (χ1n) is 7.54. The maximum Gasteiger partial charge on any atom is 0.229 e. The number of hydrogen-bond donors (Lipinski definition) is 2. The van der Waals surface area contributed by atoms with Crippen LogP contribution >= 0.6 is 23.7 Å². The zero-order chi connectivity index (χ0) is 15.5. The van der Waals surface area contributed by atoms with E-state index in [0.717, 1.165) is 30.7 Å². The maximum absolute atomic E-state index is 12.1. The van der Waals surface area contributed by atoms with Gasteiger partial charge in [0.25, 0.3) is 0 Å². The van der Waals surface area contributed by atoms with Gasteiger partial charge in [0.2, 0.25) is 11.0 Å². The topological polar surface area (TPSA) is 80.9 Å². The molecule has 0 aliphatic heterocycles. The van der Waals surface area contributed by atoms with Crippen LogP contribution in [0.3, 0.4) is 0 Å². The summed E-state index contributed by atoms with van der Waals surface area (Å²) in [5.41, 5.74) is 8.29. The molecule has 2 atom stereocenters. The molecule has 1 saturated carbocycles. The number of benzene rings is 1. The molecule has 1 aromatic heterocycles. The Kier molecular flexibility index (Phi) is 6.10.